The topological polar surface area (TPSA) is 46.2 Å². The predicted octanol–water partition coefficient (Wildman–Crippen LogP) is 0.138. The van der Waals surface area contributed by atoms with Gasteiger partial charge in [0.15, 0.2) is 0 Å². The molecule has 0 rings (SSSR count). The Morgan fingerprint density at radius 3 is 2.29 bits per heavy atom. The molecule has 2 nitrogen and oxygen atoms in total. The summed E-state index contributed by atoms with van der Waals surface area (Å²) in [7, 11) is 0. The van der Waals surface area contributed by atoms with Crippen molar-refractivity contribution in [1.82, 2.24) is 0 Å². The predicted molar refractivity (Wildman–Crippen MR) is 32.6 cm³/mol. The van der Waals surface area contributed by atoms with Crippen molar-refractivity contribution in [2.45, 2.75) is 19.3 Å². The van der Waals surface area contributed by atoms with E-state index in [9.17, 15) is 5.11 Å². The van der Waals surface area contributed by atoms with E-state index in [4.69, 9.17) is 14.0 Å². The highest BCUT2D eigenvalue weighted by molar-refractivity contribution is 5.85. The maximum Gasteiger partial charge on any atom is 0.0713 e. The highest BCUT2D eigenvalue weighted by Gasteiger charge is 2.06. The van der Waals surface area contributed by atoms with Gasteiger partial charge in [0.05, 0.1) is 5.60 Å². The number of aliphatic hydroxyl groups is 1. The molecule has 46 valence electrons. The molecule has 0 spiro atoms. The molecule has 0 aromatic carbocycles. The molecule has 0 amide bonds. The molecular weight excluding hydrogens is 114 g/mol. The Bertz CT molecular complexity index is 151. The van der Waals surface area contributed by atoms with Crippen LogP contribution in [0, 0.1) is 0 Å². The van der Waals surface area contributed by atoms with E-state index in [1.165, 1.54) is 0 Å². The van der Waals surface area contributed by atoms with E-state index in [1.54, 1.807) is 0 Å². The Kier molecular flexibility index (Phi) is 1.02. The fourth-order valence-corrected chi connectivity index (χ4v) is 0. The summed E-state index contributed by atoms with van der Waals surface area (Å²) in [6.45, 7) is -6.81. The summed E-state index contributed by atoms with van der Waals surface area (Å²) in [6.07, 6.45) is 0. The summed E-state index contributed by atoms with van der Waals surface area (Å²) in [5, 5.41) is 9.24. The van der Waals surface area contributed by atoms with Crippen molar-refractivity contribution < 1.29 is 13.3 Å². The minimum absolute atomic E-state index is 0. The van der Waals surface area contributed by atoms with Crippen LogP contribution in [0.25, 0.3) is 0 Å². The van der Waals surface area contributed by atoms with Gasteiger partial charge in [-0.2, -0.15) is 0 Å². The van der Waals surface area contributed by atoms with Crippen molar-refractivity contribution in [3.8, 4) is 0 Å². The van der Waals surface area contributed by atoms with Gasteiger partial charge in [-0.15, -0.1) is 12.4 Å². The second-order valence-electron chi connectivity index (χ2n) is 1.06. The molecule has 3 N–H and O–H groups in total. The number of rotatable bonds is 1. The van der Waals surface area contributed by atoms with Gasteiger partial charge < -0.3 is 10.8 Å². The van der Waals surface area contributed by atoms with Crippen LogP contribution < -0.4 is 5.73 Å². The molecule has 0 aliphatic rings. The molecule has 0 aliphatic carbocycles. The van der Waals surface area contributed by atoms with Crippen molar-refractivity contribution in [3.05, 3.63) is 0 Å². The van der Waals surface area contributed by atoms with Gasteiger partial charge in [-0.3, -0.25) is 0 Å². The molecule has 7 heavy (non-hydrogen) atoms. The first kappa shape index (κ1) is 2.21. The Hall–Kier alpha value is 0.210. The summed E-state index contributed by atoms with van der Waals surface area (Å²) in [4.78, 5) is 0. The number of halogens is 1. The minimum atomic E-state index is -2.99. The Morgan fingerprint density at radius 2 is 2.29 bits per heavy atom. The maximum atomic E-state index is 9.24. The van der Waals surface area contributed by atoms with Crippen LogP contribution in [0.15, 0.2) is 0 Å². The summed E-state index contributed by atoms with van der Waals surface area (Å²) >= 11 is 0. The van der Waals surface area contributed by atoms with E-state index in [2.05, 4.69) is 0 Å². The van der Waals surface area contributed by atoms with Gasteiger partial charge in [0, 0.05) is 14.8 Å². The molecule has 0 fully saturated rings. The van der Waals surface area contributed by atoms with Crippen molar-refractivity contribution in [1.29, 1.82) is 0 Å². The molecule has 0 bridgehead atoms. The van der Waals surface area contributed by atoms with Crippen LogP contribution >= 0.6 is 12.4 Å². The lowest BCUT2D eigenvalue weighted by Gasteiger charge is -2.11. The summed E-state index contributed by atoms with van der Waals surface area (Å²) in [5.74, 6) is 0. The molecule has 0 atom stereocenters. The average Bonchev–Trinajstić information content (AvgIpc) is 1.81. The zero-order valence-corrected chi connectivity index (χ0v) is 4.46. The van der Waals surface area contributed by atoms with Crippen LogP contribution in [0.4, 0.5) is 0 Å². The largest absolute Gasteiger partial charge is 0.389 e. The van der Waals surface area contributed by atoms with E-state index in [0.29, 0.717) is 0 Å². The van der Waals surface area contributed by atoms with Crippen molar-refractivity contribution >= 4 is 12.4 Å². The normalized spacial score (nSPS) is 26.6. The van der Waals surface area contributed by atoms with Crippen LogP contribution in [0.1, 0.15) is 21.9 Å². The fraction of sp³-hybridized carbons (Fsp3) is 1.00. The van der Waals surface area contributed by atoms with Gasteiger partial charge in [-0.25, -0.2) is 0 Å². The Balaban J connectivity index is 0. The van der Waals surface area contributed by atoms with Crippen molar-refractivity contribution in [3.63, 3.8) is 0 Å². The first-order chi connectivity index (χ1) is 5.06. The lowest BCUT2D eigenvalue weighted by atomic mass is 10.1. The fourth-order valence-electron chi connectivity index (χ4n) is 0. The summed E-state index contributed by atoms with van der Waals surface area (Å²) in [5.41, 5.74) is 2.10. The molecule has 0 aromatic heterocycles. The van der Waals surface area contributed by atoms with E-state index in [1.807, 2.05) is 0 Å². The van der Waals surface area contributed by atoms with Crippen LogP contribution in [0.3, 0.4) is 0 Å². The van der Waals surface area contributed by atoms with Gasteiger partial charge in [0.25, 0.3) is 0 Å². The minimum Gasteiger partial charge on any atom is -0.389 e. The second kappa shape index (κ2) is 3.24. The maximum absolute atomic E-state index is 9.24. The summed E-state index contributed by atoms with van der Waals surface area (Å²) < 4.78 is 40.7. The highest BCUT2D eigenvalue weighted by Crippen LogP contribution is 1.93. The Morgan fingerprint density at radius 1 is 1.86 bits per heavy atom. The quantitative estimate of drug-likeness (QED) is 0.532. The molecular formula is C4H12ClNO. The average molecular weight is 132 g/mol. The first-order valence-corrected chi connectivity index (χ1v) is 1.49. The number of hydrogen-bond donors (Lipinski definition) is 2. The van der Waals surface area contributed by atoms with Crippen molar-refractivity contribution in [2.24, 2.45) is 5.73 Å². The van der Waals surface area contributed by atoms with Crippen LogP contribution in [-0.4, -0.2) is 17.3 Å². The zero-order valence-electron chi connectivity index (χ0n) is 9.64. The van der Waals surface area contributed by atoms with Crippen LogP contribution in [0.5, 0.6) is 0 Å². The summed E-state index contributed by atoms with van der Waals surface area (Å²) in [6, 6.07) is 0. The third kappa shape index (κ3) is 10.7. The van der Waals surface area contributed by atoms with E-state index in [-0.39, 0.29) is 12.4 Å². The van der Waals surface area contributed by atoms with E-state index in [0.717, 1.165) is 0 Å². The smallest absolute Gasteiger partial charge is 0.0713 e. The van der Waals surface area contributed by atoms with Gasteiger partial charge in [-0.05, 0) is 13.7 Å². The van der Waals surface area contributed by atoms with Gasteiger partial charge in [0.1, 0.15) is 0 Å². The molecule has 3 heteroatoms. The molecule has 0 aliphatic heterocycles. The SMILES string of the molecule is Cl.[2H]C([2H])([2H])C(O)(CN)C([2H])([2H])[2H]. The molecule has 0 heterocycles. The zero-order chi connectivity index (χ0) is 10.2. The van der Waals surface area contributed by atoms with Gasteiger partial charge in [0.2, 0.25) is 0 Å². The third-order valence-corrected chi connectivity index (χ3v) is 0.295. The van der Waals surface area contributed by atoms with E-state index >= 15 is 0 Å². The highest BCUT2D eigenvalue weighted by atomic mass is 35.5. The molecule has 0 saturated carbocycles. The van der Waals surface area contributed by atoms with Crippen LogP contribution in [-0.2, 0) is 0 Å². The van der Waals surface area contributed by atoms with Gasteiger partial charge in [-0.1, -0.05) is 0 Å². The first-order valence-electron chi connectivity index (χ1n) is 4.49. The van der Waals surface area contributed by atoms with Crippen molar-refractivity contribution in [2.75, 3.05) is 6.54 Å². The molecule has 0 radical (unpaired) electrons. The third-order valence-electron chi connectivity index (χ3n) is 0.295. The monoisotopic (exact) mass is 131 g/mol. The molecule has 0 saturated heterocycles. The Labute approximate surface area is 58.6 Å². The van der Waals surface area contributed by atoms with E-state index < -0.39 is 25.8 Å². The molecule has 0 aromatic rings. The lowest BCUT2D eigenvalue weighted by Crippen LogP contribution is -2.29. The molecule has 0 unspecified atom stereocenters. The second-order valence-corrected chi connectivity index (χ2v) is 1.06. The van der Waals surface area contributed by atoms with Gasteiger partial charge >= 0.3 is 0 Å². The lowest BCUT2D eigenvalue weighted by molar-refractivity contribution is 0.0898. The van der Waals surface area contributed by atoms with Crippen LogP contribution in [0.2, 0.25) is 0 Å². The number of hydrogen-bond acceptors (Lipinski definition) is 2. The number of nitrogens with two attached hydrogens (primary N) is 1. The standard InChI is InChI=1S/C4H11NO.ClH/c1-4(2,6)3-5;/h6H,3,5H2,1-2H3;1H/i1D3,2D3;.